The smallest absolute Gasteiger partial charge is 0.244 e. The third-order valence-corrected chi connectivity index (χ3v) is 11.8. The maximum atomic E-state index is 14.0. The zero-order chi connectivity index (χ0) is 31.8. The third-order valence-electron chi connectivity index (χ3n) is 9.89. The lowest BCUT2D eigenvalue weighted by Gasteiger charge is -2.57. The molecule has 1 N–H and O–H groups in total. The highest BCUT2D eigenvalue weighted by Gasteiger charge is 2.51. The third kappa shape index (κ3) is 7.23. The van der Waals surface area contributed by atoms with E-state index in [1.165, 1.54) is 49.0 Å². The second kappa shape index (κ2) is 13.2. The summed E-state index contributed by atoms with van der Waals surface area (Å²) in [5.41, 5.74) is 2.61. The standard InChI is InChI=1S/C34H45Cl2N3O4S/c1-5-31(33(41)37-19-22(2)3)38(20-23-6-11-29(35)30(36)15-23)32(40)21-39(44(4,42)43)28-9-7-27(8-10-28)34-16-24-12-25(17-34)14-26(13-24)18-34/h6-11,15,22,24-26,31H,5,12-14,16-21H2,1-4H3,(H,37,41)/t24?,25?,26?,31-,34?/m1/s1. The van der Waals surface area contributed by atoms with E-state index in [4.69, 9.17) is 23.2 Å². The number of nitrogens with one attached hydrogen (secondary N) is 1. The van der Waals surface area contributed by atoms with Gasteiger partial charge in [0.2, 0.25) is 21.8 Å². The first-order valence-electron chi connectivity index (χ1n) is 15.9. The fraction of sp³-hybridized carbons (Fsp3) is 0.588. The second-order valence-corrected chi connectivity index (χ2v) is 16.6. The van der Waals surface area contributed by atoms with Crippen molar-refractivity contribution in [1.82, 2.24) is 10.2 Å². The highest BCUT2D eigenvalue weighted by molar-refractivity contribution is 7.92. The van der Waals surface area contributed by atoms with E-state index in [0.717, 1.165) is 28.3 Å². The van der Waals surface area contributed by atoms with Gasteiger partial charge in [-0.2, -0.15) is 0 Å². The average molecular weight is 663 g/mol. The van der Waals surface area contributed by atoms with Gasteiger partial charge >= 0.3 is 0 Å². The van der Waals surface area contributed by atoms with E-state index in [0.29, 0.717) is 34.3 Å². The topological polar surface area (TPSA) is 86.8 Å². The molecule has 4 saturated carbocycles. The summed E-state index contributed by atoms with van der Waals surface area (Å²) in [4.78, 5) is 28.8. The van der Waals surface area contributed by atoms with Crippen LogP contribution < -0.4 is 9.62 Å². The van der Waals surface area contributed by atoms with Crippen LogP contribution >= 0.6 is 23.2 Å². The first-order valence-corrected chi connectivity index (χ1v) is 18.5. The van der Waals surface area contributed by atoms with E-state index >= 15 is 0 Å². The number of hydrogen-bond acceptors (Lipinski definition) is 4. The lowest BCUT2D eigenvalue weighted by molar-refractivity contribution is -0.140. The molecule has 10 heteroatoms. The second-order valence-electron chi connectivity index (χ2n) is 13.8. The average Bonchev–Trinajstić information content (AvgIpc) is 2.95. The van der Waals surface area contributed by atoms with Crippen LogP contribution in [0.3, 0.4) is 0 Å². The Morgan fingerprint density at radius 2 is 1.55 bits per heavy atom. The molecule has 0 unspecified atom stereocenters. The summed E-state index contributed by atoms with van der Waals surface area (Å²) >= 11 is 12.4. The van der Waals surface area contributed by atoms with E-state index in [1.54, 1.807) is 18.2 Å². The molecule has 4 aliphatic rings. The number of carbonyl (C=O) groups excluding carboxylic acids is 2. The molecule has 4 fully saturated rings. The van der Waals surface area contributed by atoms with Crippen molar-refractivity contribution in [2.75, 3.05) is 23.7 Å². The van der Waals surface area contributed by atoms with Crippen LogP contribution in [0.1, 0.15) is 76.8 Å². The number of nitrogens with zero attached hydrogens (tertiary/aromatic N) is 2. The molecule has 2 amide bonds. The molecule has 6 rings (SSSR count). The maximum Gasteiger partial charge on any atom is 0.244 e. The van der Waals surface area contributed by atoms with Gasteiger partial charge in [0, 0.05) is 13.1 Å². The Balaban J connectivity index is 1.40. The van der Waals surface area contributed by atoms with Crippen LogP contribution in [0.2, 0.25) is 10.0 Å². The van der Waals surface area contributed by atoms with Gasteiger partial charge in [-0.1, -0.05) is 62.2 Å². The van der Waals surface area contributed by atoms with E-state index in [-0.39, 0.29) is 23.8 Å². The Morgan fingerprint density at radius 1 is 0.955 bits per heavy atom. The van der Waals surface area contributed by atoms with Gasteiger partial charge in [0.1, 0.15) is 12.6 Å². The number of rotatable bonds is 12. The van der Waals surface area contributed by atoms with Crippen LogP contribution in [0.25, 0.3) is 0 Å². The summed E-state index contributed by atoms with van der Waals surface area (Å²) in [6.07, 6.45) is 9.18. The SMILES string of the molecule is CC[C@H](C(=O)NCC(C)C)N(Cc1ccc(Cl)c(Cl)c1)C(=O)CN(c1ccc(C23CC4CC(CC(C4)C2)C3)cc1)S(C)(=O)=O. The number of benzene rings is 2. The number of sulfonamides is 1. The van der Waals surface area contributed by atoms with Crippen LogP contribution in [-0.4, -0.2) is 50.5 Å². The normalized spacial score (nSPS) is 24.8. The summed E-state index contributed by atoms with van der Waals surface area (Å²) in [5, 5.41) is 3.66. The molecule has 2 aromatic rings. The number of carbonyl (C=O) groups is 2. The van der Waals surface area contributed by atoms with Gasteiger partial charge in [-0.3, -0.25) is 13.9 Å². The number of anilines is 1. The molecule has 4 aliphatic carbocycles. The first-order chi connectivity index (χ1) is 20.8. The lowest BCUT2D eigenvalue weighted by Crippen LogP contribution is -2.52. The molecule has 0 radical (unpaired) electrons. The molecule has 0 spiro atoms. The minimum Gasteiger partial charge on any atom is -0.354 e. The molecule has 0 saturated heterocycles. The van der Waals surface area contributed by atoms with E-state index in [9.17, 15) is 18.0 Å². The van der Waals surface area contributed by atoms with Gasteiger partial charge < -0.3 is 10.2 Å². The largest absolute Gasteiger partial charge is 0.354 e. The van der Waals surface area contributed by atoms with Crippen molar-refractivity contribution in [3.05, 3.63) is 63.6 Å². The van der Waals surface area contributed by atoms with Gasteiger partial charge in [-0.15, -0.1) is 0 Å². The van der Waals surface area contributed by atoms with Crippen molar-refractivity contribution in [1.29, 1.82) is 0 Å². The molecular formula is C34H45Cl2N3O4S. The lowest BCUT2D eigenvalue weighted by atomic mass is 9.48. The zero-order valence-corrected chi connectivity index (χ0v) is 28.5. The molecule has 4 bridgehead atoms. The number of amides is 2. The quantitative estimate of drug-likeness (QED) is 0.271. The highest BCUT2D eigenvalue weighted by atomic mass is 35.5. The van der Waals surface area contributed by atoms with E-state index < -0.39 is 28.5 Å². The molecule has 0 aliphatic heterocycles. The van der Waals surface area contributed by atoms with Crippen LogP contribution in [0.15, 0.2) is 42.5 Å². The minimum atomic E-state index is -3.82. The molecule has 44 heavy (non-hydrogen) atoms. The molecule has 0 aromatic heterocycles. The zero-order valence-electron chi connectivity index (χ0n) is 26.2. The fourth-order valence-corrected chi connectivity index (χ4v) is 9.41. The van der Waals surface area contributed by atoms with Crippen molar-refractivity contribution in [3.8, 4) is 0 Å². The number of hydrogen-bond donors (Lipinski definition) is 1. The van der Waals surface area contributed by atoms with Crippen LogP contribution in [0.5, 0.6) is 0 Å². The Bertz CT molecular complexity index is 1440. The van der Waals surface area contributed by atoms with Gasteiger partial charge in [0.25, 0.3) is 0 Å². The Morgan fingerprint density at radius 3 is 2.05 bits per heavy atom. The summed E-state index contributed by atoms with van der Waals surface area (Å²) in [7, 11) is -3.82. The predicted molar refractivity (Wildman–Crippen MR) is 177 cm³/mol. The number of halogens is 2. The molecule has 1 atom stereocenters. The maximum absolute atomic E-state index is 14.0. The van der Waals surface area contributed by atoms with Crippen molar-refractivity contribution in [2.45, 2.75) is 83.7 Å². The first kappa shape index (κ1) is 33.1. The van der Waals surface area contributed by atoms with Gasteiger partial charge in [-0.05, 0) is 109 Å². The molecule has 0 heterocycles. The Hall–Kier alpha value is -2.29. The minimum absolute atomic E-state index is 0.0753. The van der Waals surface area contributed by atoms with Gasteiger partial charge in [0.05, 0.1) is 22.0 Å². The Kier molecular flexibility index (Phi) is 9.93. The van der Waals surface area contributed by atoms with Crippen molar-refractivity contribution in [3.63, 3.8) is 0 Å². The summed E-state index contributed by atoms with van der Waals surface area (Å²) < 4.78 is 27.4. The van der Waals surface area contributed by atoms with Crippen molar-refractivity contribution < 1.29 is 18.0 Å². The van der Waals surface area contributed by atoms with E-state index in [2.05, 4.69) is 17.4 Å². The molecule has 7 nitrogen and oxygen atoms in total. The van der Waals surface area contributed by atoms with Crippen LogP contribution in [0.4, 0.5) is 5.69 Å². The molecule has 240 valence electrons. The summed E-state index contributed by atoms with van der Waals surface area (Å²) in [6.45, 7) is 5.95. The monoisotopic (exact) mass is 661 g/mol. The van der Waals surface area contributed by atoms with Gasteiger partial charge in [-0.25, -0.2) is 8.42 Å². The van der Waals surface area contributed by atoms with Crippen molar-refractivity contribution >= 4 is 50.7 Å². The summed E-state index contributed by atoms with van der Waals surface area (Å²) in [6, 6.07) is 12.1. The van der Waals surface area contributed by atoms with Crippen LogP contribution in [-0.2, 0) is 31.6 Å². The fourth-order valence-electron chi connectivity index (χ4n) is 8.24. The van der Waals surface area contributed by atoms with Gasteiger partial charge in [0.15, 0.2) is 0 Å². The van der Waals surface area contributed by atoms with Crippen molar-refractivity contribution in [2.24, 2.45) is 23.7 Å². The Labute approximate surface area is 272 Å². The molecular weight excluding hydrogens is 617 g/mol. The van der Waals surface area contributed by atoms with Crippen LogP contribution in [0, 0.1) is 23.7 Å². The summed E-state index contributed by atoms with van der Waals surface area (Å²) in [5.74, 6) is 1.89. The highest BCUT2D eigenvalue weighted by Crippen LogP contribution is 2.60. The molecule has 2 aromatic carbocycles. The van der Waals surface area contributed by atoms with E-state index in [1.807, 2.05) is 32.9 Å². The predicted octanol–water partition coefficient (Wildman–Crippen LogP) is 6.81.